The maximum atomic E-state index is 5.56. The number of piperidine rings is 1. The highest BCUT2D eigenvalue weighted by Crippen LogP contribution is 2.42. The number of hydrogen-bond acceptors (Lipinski definition) is 4. The molecule has 4 heterocycles. The highest BCUT2D eigenvalue weighted by Gasteiger charge is 2.46. The molecule has 0 aromatic carbocycles. The number of aromatic nitrogens is 2. The Hall–Kier alpha value is -0.910. The number of imidazole rings is 1. The lowest BCUT2D eigenvalue weighted by molar-refractivity contribution is 0.000792. The molecule has 0 radical (unpaired) electrons. The molecule has 0 bridgehead atoms. The Balaban J connectivity index is 1.47. The zero-order valence-corrected chi connectivity index (χ0v) is 15.1. The van der Waals surface area contributed by atoms with Gasteiger partial charge in [-0.1, -0.05) is 13.3 Å². The van der Waals surface area contributed by atoms with Crippen molar-refractivity contribution in [2.45, 2.75) is 51.0 Å². The predicted molar refractivity (Wildman–Crippen MR) is 95.1 cm³/mol. The predicted octanol–water partition coefficient (Wildman–Crippen LogP) is 2.40. The van der Waals surface area contributed by atoms with E-state index in [1.807, 2.05) is 6.33 Å². The first kappa shape index (κ1) is 16.6. The van der Waals surface area contributed by atoms with E-state index in [1.54, 1.807) is 0 Å². The molecule has 0 amide bonds. The summed E-state index contributed by atoms with van der Waals surface area (Å²) in [4.78, 5) is 13.6. The highest BCUT2D eigenvalue weighted by atomic mass is 16.5. The molecule has 3 aliphatic rings. The summed E-state index contributed by atoms with van der Waals surface area (Å²) < 4.78 is 5.56. The Morgan fingerprint density at radius 1 is 1.33 bits per heavy atom. The van der Waals surface area contributed by atoms with Crippen molar-refractivity contribution in [2.24, 2.45) is 5.92 Å². The maximum Gasteiger partial charge on any atom is 0.0926 e. The number of fused-ring (bicyclic) bond motifs is 2. The monoisotopic (exact) mass is 332 g/mol. The number of rotatable bonds is 5. The lowest BCUT2D eigenvalue weighted by Crippen LogP contribution is -2.57. The molecule has 1 aromatic heterocycles. The number of H-pyrrole nitrogens is 1. The molecule has 0 aliphatic carbocycles. The lowest BCUT2D eigenvalue weighted by atomic mass is 9.78. The van der Waals surface area contributed by atoms with Gasteiger partial charge >= 0.3 is 0 Å². The van der Waals surface area contributed by atoms with Crippen LogP contribution in [-0.4, -0.2) is 65.7 Å². The van der Waals surface area contributed by atoms with Crippen LogP contribution in [0.1, 0.15) is 50.4 Å². The van der Waals surface area contributed by atoms with E-state index in [9.17, 15) is 0 Å². The third kappa shape index (κ3) is 3.02. The van der Waals surface area contributed by atoms with E-state index >= 15 is 0 Å². The summed E-state index contributed by atoms with van der Waals surface area (Å²) in [6.45, 7) is 10.3. The number of hydrogen-bond donors (Lipinski definition) is 1. The van der Waals surface area contributed by atoms with E-state index < -0.39 is 0 Å². The molecule has 1 aromatic rings. The summed E-state index contributed by atoms with van der Waals surface area (Å²) in [6, 6.07) is 0. The molecular formula is C19H32N4O. The number of nitrogens with one attached hydrogen (secondary N) is 1. The zero-order chi connectivity index (χ0) is 16.4. The SMILES string of the molecule is CCCCN1CCc2[nH]cnc2C12CCN(C[C@@H]1CCOC1)CC2. The molecule has 1 atom stereocenters. The van der Waals surface area contributed by atoms with E-state index in [4.69, 9.17) is 9.72 Å². The first-order valence-electron chi connectivity index (χ1n) is 9.90. The summed E-state index contributed by atoms with van der Waals surface area (Å²) in [5.74, 6) is 0.752. The fraction of sp³-hybridized carbons (Fsp3) is 0.842. The van der Waals surface area contributed by atoms with Crippen LogP contribution in [0, 0.1) is 5.92 Å². The second kappa shape index (κ2) is 7.14. The largest absolute Gasteiger partial charge is 0.381 e. The molecule has 3 aliphatic heterocycles. The normalized spacial score (nSPS) is 27.6. The van der Waals surface area contributed by atoms with Gasteiger partial charge in [0.05, 0.1) is 24.2 Å². The van der Waals surface area contributed by atoms with Crippen LogP contribution in [0.5, 0.6) is 0 Å². The summed E-state index contributed by atoms with van der Waals surface area (Å²) in [6.07, 6.45) is 9.30. The maximum absolute atomic E-state index is 5.56. The van der Waals surface area contributed by atoms with E-state index in [0.717, 1.165) is 25.6 Å². The van der Waals surface area contributed by atoms with E-state index in [0.29, 0.717) is 0 Å². The lowest BCUT2D eigenvalue weighted by Gasteiger charge is -2.51. The van der Waals surface area contributed by atoms with Crippen LogP contribution < -0.4 is 0 Å². The van der Waals surface area contributed by atoms with Crippen LogP contribution >= 0.6 is 0 Å². The van der Waals surface area contributed by atoms with E-state index in [-0.39, 0.29) is 5.54 Å². The van der Waals surface area contributed by atoms with Gasteiger partial charge in [-0.2, -0.15) is 0 Å². The van der Waals surface area contributed by atoms with Crippen LogP contribution in [0.15, 0.2) is 6.33 Å². The number of nitrogens with zero attached hydrogens (tertiary/aromatic N) is 3. The number of ether oxygens (including phenoxy) is 1. The molecule has 2 saturated heterocycles. The Labute approximate surface area is 145 Å². The van der Waals surface area contributed by atoms with Crippen molar-refractivity contribution in [3.8, 4) is 0 Å². The first-order chi connectivity index (χ1) is 11.8. The quantitative estimate of drug-likeness (QED) is 0.899. The van der Waals surface area contributed by atoms with Gasteiger partial charge in [-0.3, -0.25) is 4.90 Å². The average Bonchev–Trinajstić information content (AvgIpc) is 3.28. The summed E-state index contributed by atoms with van der Waals surface area (Å²) >= 11 is 0. The van der Waals surface area contributed by atoms with Crippen molar-refractivity contribution in [3.63, 3.8) is 0 Å². The fourth-order valence-corrected chi connectivity index (χ4v) is 4.95. The third-order valence-electron chi connectivity index (χ3n) is 6.40. The summed E-state index contributed by atoms with van der Waals surface area (Å²) in [7, 11) is 0. The Bertz CT molecular complexity index is 529. The minimum absolute atomic E-state index is 0.186. The zero-order valence-electron chi connectivity index (χ0n) is 15.1. The van der Waals surface area contributed by atoms with Gasteiger partial charge in [0.2, 0.25) is 0 Å². The average molecular weight is 332 g/mol. The number of likely N-dealkylation sites (tertiary alicyclic amines) is 1. The van der Waals surface area contributed by atoms with Crippen LogP contribution in [0.25, 0.3) is 0 Å². The van der Waals surface area contributed by atoms with Crippen LogP contribution in [0.3, 0.4) is 0 Å². The molecule has 1 N–H and O–H groups in total. The molecule has 5 nitrogen and oxygen atoms in total. The molecule has 1 spiro atoms. The van der Waals surface area contributed by atoms with Crippen molar-refractivity contribution in [2.75, 3.05) is 45.9 Å². The van der Waals surface area contributed by atoms with Gasteiger partial charge in [0, 0.05) is 44.9 Å². The first-order valence-corrected chi connectivity index (χ1v) is 9.90. The van der Waals surface area contributed by atoms with Crippen molar-refractivity contribution in [1.29, 1.82) is 0 Å². The fourth-order valence-electron chi connectivity index (χ4n) is 4.95. The Kier molecular flexibility index (Phi) is 4.93. The minimum atomic E-state index is 0.186. The standard InChI is InChI=1S/C19H32N4O/c1-2-3-8-23-9-4-17-18(21-15-20-17)19(23)6-10-22(11-7-19)13-16-5-12-24-14-16/h15-16H,2-14H2,1H3,(H,20,21)/t16-/m0/s1. The number of aromatic amines is 1. The van der Waals surface area contributed by atoms with Crippen LogP contribution in [-0.2, 0) is 16.7 Å². The van der Waals surface area contributed by atoms with Gasteiger partial charge < -0.3 is 14.6 Å². The van der Waals surface area contributed by atoms with Gasteiger partial charge in [-0.05, 0) is 38.1 Å². The molecule has 134 valence electrons. The second-order valence-electron chi connectivity index (χ2n) is 7.88. The Morgan fingerprint density at radius 2 is 2.21 bits per heavy atom. The van der Waals surface area contributed by atoms with Gasteiger partial charge in [0.15, 0.2) is 0 Å². The highest BCUT2D eigenvalue weighted by molar-refractivity contribution is 5.26. The molecule has 4 rings (SSSR count). The summed E-state index contributed by atoms with van der Waals surface area (Å²) in [5.41, 5.74) is 2.93. The van der Waals surface area contributed by atoms with Gasteiger partial charge in [0.25, 0.3) is 0 Å². The number of unbranched alkanes of at least 4 members (excludes halogenated alkanes) is 1. The van der Waals surface area contributed by atoms with Gasteiger partial charge in [-0.15, -0.1) is 0 Å². The molecule has 24 heavy (non-hydrogen) atoms. The Morgan fingerprint density at radius 3 is 2.96 bits per heavy atom. The molecular weight excluding hydrogens is 300 g/mol. The van der Waals surface area contributed by atoms with Gasteiger partial charge in [-0.25, -0.2) is 4.98 Å². The topological polar surface area (TPSA) is 44.4 Å². The molecule has 2 fully saturated rings. The second-order valence-corrected chi connectivity index (χ2v) is 7.88. The third-order valence-corrected chi connectivity index (χ3v) is 6.40. The van der Waals surface area contributed by atoms with Crippen molar-refractivity contribution in [3.05, 3.63) is 17.7 Å². The van der Waals surface area contributed by atoms with Crippen molar-refractivity contribution in [1.82, 2.24) is 19.8 Å². The van der Waals surface area contributed by atoms with Crippen molar-refractivity contribution >= 4 is 0 Å². The van der Waals surface area contributed by atoms with E-state index in [1.165, 1.54) is 76.2 Å². The van der Waals surface area contributed by atoms with E-state index in [2.05, 4.69) is 21.7 Å². The van der Waals surface area contributed by atoms with Gasteiger partial charge in [0.1, 0.15) is 0 Å². The smallest absolute Gasteiger partial charge is 0.0926 e. The minimum Gasteiger partial charge on any atom is -0.381 e. The van der Waals surface area contributed by atoms with Crippen LogP contribution in [0.2, 0.25) is 0 Å². The molecule has 0 unspecified atom stereocenters. The summed E-state index contributed by atoms with van der Waals surface area (Å²) in [5, 5.41) is 0. The van der Waals surface area contributed by atoms with Crippen LogP contribution in [0.4, 0.5) is 0 Å². The molecule has 0 saturated carbocycles. The molecule has 5 heteroatoms. The van der Waals surface area contributed by atoms with Crippen molar-refractivity contribution < 1.29 is 4.74 Å².